The summed E-state index contributed by atoms with van der Waals surface area (Å²) in [6.07, 6.45) is 7.23. The summed E-state index contributed by atoms with van der Waals surface area (Å²) in [5.74, 6) is 0.835. The zero-order chi connectivity index (χ0) is 17.2. The minimum atomic E-state index is 0.267. The normalized spacial score (nSPS) is 20.4. The molecule has 1 aliphatic heterocycles. The molecule has 4 rings (SSSR count). The first-order chi connectivity index (χ1) is 12.2. The average Bonchev–Trinajstić information content (AvgIpc) is 3.11. The molecule has 1 aromatic heterocycles. The number of hydrogen-bond donors (Lipinski definition) is 2. The summed E-state index contributed by atoms with van der Waals surface area (Å²) in [7, 11) is 0. The van der Waals surface area contributed by atoms with Gasteiger partial charge in [-0.3, -0.25) is 0 Å². The second kappa shape index (κ2) is 6.96. The molecule has 0 radical (unpaired) electrons. The van der Waals surface area contributed by atoms with Crippen LogP contribution in [0.2, 0.25) is 0 Å². The van der Waals surface area contributed by atoms with Crippen LogP contribution >= 0.6 is 0 Å². The first-order valence-corrected chi connectivity index (χ1v) is 9.27. The smallest absolute Gasteiger partial charge is 0.242 e. The van der Waals surface area contributed by atoms with E-state index in [2.05, 4.69) is 32.3 Å². The van der Waals surface area contributed by atoms with Crippen molar-refractivity contribution in [3.8, 4) is 17.0 Å². The summed E-state index contributed by atoms with van der Waals surface area (Å²) in [6, 6.07) is 4.14. The van der Waals surface area contributed by atoms with Crippen molar-refractivity contribution in [2.24, 2.45) is 0 Å². The van der Waals surface area contributed by atoms with E-state index in [1.807, 2.05) is 6.07 Å². The second-order valence-electron chi connectivity index (χ2n) is 6.99. The zero-order valence-electron chi connectivity index (χ0n) is 14.7. The lowest BCUT2D eigenvalue weighted by atomic mass is 10.00. The molecule has 132 valence electrons. The molecular weight excluding hydrogens is 314 g/mol. The van der Waals surface area contributed by atoms with Crippen LogP contribution in [0.3, 0.4) is 0 Å². The topological polar surface area (TPSA) is 74.2 Å². The van der Waals surface area contributed by atoms with Gasteiger partial charge in [0.25, 0.3) is 0 Å². The number of phenols is 1. The Morgan fingerprint density at radius 3 is 2.96 bits per heavy atom. The predicted molar refractivity (Wildman–Crippen MR) is 97.7 cm³/mol. The third-order valence-electron chi connectivity index (χ3n) is 5.36. The molecule has 1 atom stereocenters. The van der Waals surface area contributed by atoms with Crippen molar-refractivity contribution < 1.29 is 5.11 Å². The predicted octanol–water partition coefficient (Wildman–Crippen LogP) is 2.63. The van der Waals surface area contributed by atoms with Gasteiger partial charge in [0.2, 0.25) is 5.95 Å². The highest BCUT2D eigenvalue weighted by atomic mass is 16.3. The van der Waals surface area contributed by atoms with Crippen LogP contribution in [-0.2, 0) is 12.8 Å². The molecule has 0 saturated carbocycles. The van der Waals surface area contributed by atoms with Crippen molar-refractivity contribution in [3.05, 3.63) is 29.5 Å². The van der Waals surface area contributed by atoms with Gasteiger partial charge in [0.05, 0.1) is 6.20 Å². The number of nitrogens with one attached hydrogen (secondary N) is 1. The fourth-order valence-corrected chi connectivity index (χ4v) is 4.04. The molecule has 2 N–H and O–H groups in total. The highest BCUT2D eigenvalue weighted by molar-refractivity contribution is 5.72. The van der Waals surface area contributed by atoms with E-state index in [4.69, 9.17) is 0 Å². The van der Waals surface area contributed by atoms with E-state index < -0.39 is 0 Å². The number of aromatic nitrogens is 3. The van der Waals surface area contributed by atoms with Gasteiger partial charge in [-0.25, -0.2) is 4.98 Å². The van der Waals surface area contributed by atoms with Gasteiger partial charge in [-0.05, 0) is 62.4 Å². The van der Waals surface area contributed by atoms with Gasteiger partial charge >= 0.3 is 0 Å². The molecule has 1 aromatic carbocycles. The molecule has 25 heavy (non-hydrogen) atoms. The maximum atomic E-state index is 10.3. The standard InChI is InChI=1S/C19H25N5O/c1-2-24-10-4-6-14(12-24)21-19-20-11-16(22-23-19)18-15-7-3-5-13(15)8-9-17(18)25/h8-9,11,14,25H,2-7,10,12H2,1H3,(H,20,21,23)/t14-/m1/s1. The minimum Gasteiger partial charge on any atom is -0.507 e. The van der Waals surface area contributed by atoms with Crippen LogP contribution in [0.25, 0.3) is 11.3 Å². The van der Waals surface area contributed by atoms with E-state index in [-0.39, 0.29) is 5.75 Å². The number of likely N-dealkylation sites (N-methyl/N-ethyl adjacent to an activating group) is 1. The Kier molecular flexibility index (Phi) is 4.53. The first kappa shape index (κ1) is 16.3. The lowest BCUT2D eigenvalue weighted by Crippen LogP contribution is -2.42. The van der Waals surface area contributed by atoms with Crippen LogP contribution < -0.4 is 5.32 Å². The number of benzene rings is 1. The van der Waals surface area contributed by atoms with E-state index >= 15 is 0 Å². The van der Waals surface area contributed by atoms with Crippen LogP contribution in [0.5, 0.6) is 5.75 Å². The molecule has 0 bridgehead atoms. The van der Waals surface area contributed by atoms with Crippen molar-refractivity contribution in [1.29, 1.82) is 0 Å². The Morgan fingerprint density at radius 1 is 1.24 bits per heavy atom. The third-order valence-corrected chi connectivity index (χ3v) is 5.36. The Labute approximate surface area is 148 Å². The molecule has 6 heteroatoms. The van der Waals surface area contributed by atoms with Gasteiger partial charge in [-0.2, -0.15) is 0 Å². The number of hydrogen-bond acceptors (Lipinski definition) is 6. The number of anilines is 1. The molecule has 1 aliphatic carbocycles. The zero-order valence-corrected chi connectivity index (χ0v) is 14.7. The molecule has 2 heterocycles. The number of rotatable bonds is 4. The number of nitrogens with zero attached hydrogens (tertiary/aromatic N) is 4. The number of aromatic hydroxyl groups is 1. The fraction of sp³-hybridized carbons (Fsp3) is 0.526. The summed E-state index contributed by atoms with van der Waals surface area (Å²) in [4.78, 5) is 6.89. The van der Waals surface area contributed by atoms with Crippen molar-refractivity contribution in [2.45, 2.75) is 45.1 Å². The van der Waals surface area contributed by atoms with Gasteiger partial charge in [0, 0.05) is 18.2 Å². The average molecular weight is 339 g/mol. The van der Waals surface area contributed by atoms with Crippen LogP contribution in [-0.4, -0.2) is 50.9 Å². The number of phenolic OH excluding ortho intramolecular Hbond substituents is 1. The molecule has 0 spiro atoms. The molecular formula is C19H25N5O. The third kappa shape index (κ3) is 3.31. The van der Waals surface area contributed by atoms with Crippen LogP contribution in [0.1, 0.15) is 37.3 Å². The van der Waals surface area contributed by atoms with E-state index in [1.54, 1.807) is 12.3 Å². The van der Waals surface area contributed by atoms with E-state index in [9.17, 15) is 5.11 Å². The summed E-state index contributed by atoms with van der Waals surface area (Å²) in [5, 5.41) is 22.3. The maximum Gasteiger partial charge on any atom is 0.242 e. The molecule has 2 aromatic rings. The maximum absolute atomic E-state index is 10.3. The van der Waals surface area contributed by atoms with Gasteiger partial charge in [-0.15, -0.1) is 10.2 Å². The summed E-state index contributed by atoms with van der Waals surface area (Å²) < 4.78 is 0. The van der Waals surface area contributed by atoms with E-state index in [0.29, 0.717) is 17.7 Å². The van der Waals surface area contributed by atoms with Crippen molar-refractivity contribution in [3.63, 3.8) is 0 Å². The monoisotopic (exact) mass is 339 g/mol. The second-order valence-corrected chi connectivity index (χ2v) is 6.99. The molecule has 0 amide bonds. The Hall–Kier alpha value is -2.21. The highest BCUT2D eigenvalue weighted by Gasteiger charge is 2.22. The number of aryl methyl sites for hydroxylation is 1. The van der Waals surface area contributed by atoms with Crippen molar-refractivity contribution >= 4 is 5.95 Å². The lowest BCUT2D eigenvalue weighted by molar-refractivity contribution is 0.226. The number of fused-ring (bicyclic) bond motifs is 1. The summed E-state index contributed by atoms with van der Waals surface area (Å²) in [5.41, 5.74) is 3.96. The fourth-order valence-electron chi connectivity index (χ4n) is 4.04. The highest BCUT2D eigenvalue weighted by Crippen LogP contribution is 2.37. The van der Waals surface area contributed by atoms with Crippen molar-refractivity contribution in [1.82, 2.24) is 20.1 Å². The van der Waals surface area contributed by atoms with E-state index in [0.717, 1.165) is 44.3 Å². The number of likely N-dealkylation sites (tertiary alicyclic amines) is 1. The Balaban J connectivity index is 1.52. The van der Waals surface area contributed by atoms with Gasteiger partial charge < -0.3 is 15.3 Å². The van der Waals surface area contributed by atoms with E-state index in [1.165, 1.54) is 24.1 Å². The molecule has 2 aliphatic rings. The van der Waals surface area contributed by atoms with Crippen LogP contribution in [0.15, 0.2) is 18.3 Å². The lowest BCUT2D eigenvalue weighted by Gasteiger charge is -2.32. The summed E-state index contributed by atoms with van der Waals surface area (Å²) >= 11 is 0. The van der Waals surface area contributed by atoms with Crippen LogP contribution in [0.4, 0.5) is 5.95 Å². The molecule has 1 saturated heterocycles. The Morgan fingerprint density at radius 2 is 2.16 bits per heavy atom. The van der Waals surface area contributed by atoms with Gasteiger partial charge in [0.15, 0.2) is 0 Å². The quantitative estimate of drug-likeness (QED) is 0.892. The molecule has 6 nitrogen and oxygen atoms in total. The summed E-state index contributed by atoms with van der Waals surface area (Å²) in [6.45, 7) is 5.47. The Bertz CT molecular complexity index is 746. The number of piperidine rings is 1. The molecule has 1 fully saturated rings. The van der Waals surface area contributed by atoms with Gasteiger partial charge in [-0.1, -0.05) is 13.0 Å². The SMILES string of the molecule is CCN1CCC[C@@H](Nc2ncc(-c3c(O)ccc4c3CCC4)nn2)C1. The van der Waals surface area contributed by atoms with Gasteiger partial charge in [0.1, 0.15) is 11.4 Å². The minimum absolute atomic E-state index is 0.267. The van der Waals surface area contributed by atoms with Crippen LogP contribution in [0, 0.1) is 0 Å². The van der Waals surface area contributed by atoms with Crippen molar-refractivity contribution in [2.75, 3.05) is 25.0 Å². The largest absolute Gasteiger partial charge is 0.507 e. The first-order valence-electron chi connectivity index (χ1n) is 9.27. The molecule has 0 unspecified atom stereocenters.